The first-order valence-corrected chi connectivity index (χ1v) is 3.95. The number of carbonyl (C=O) groups is 2. The van der Waals surface area contributed by atoms with Crippen LogP contribution >= 0.6 is 0 Å². The van der Waals surface area contributed by atoms with Crippen molar-refractivity contribution in [3.05, 3.63) is 11.1 Å². The largest absolute Gasteiger partial charge is 0.269 e. The molecule has 0 aromatic carbocycles. The summed E-state index contributed by atoms with van der Waals surface area (Å²) in [6.45, 7) is 4.72. The molecular weight excluding hydrogens is 168 g/mol. The van der Waals surface area contributed by atoms with Gasteiger partial charge in [-0.3, -0.25) is 14.5 Å². The van der Waals surface area contributed by atoms with E-state index in [4.69, 9.17) is 5.26 Å². The third-order valence-corrected chi connectivity index (χ3v) is 2.22. The molecular formula is C9H10N2O2. The summed E-state index contributed by atoms with van der Waals surface area (Å²) in [5, 5.41) is 8.59. The summed E-state index contributed by atoms with van der Waals surface area (Å²) < 4.78 is 0. The van der Waals surface area contributed by atoms with Crippen LogP contribution in [0.1, 0.15) is 20.8 Å². The minimum Gasteiger partial charge on any atom is -0.269 e. The fourth-order valence-corrected chi connectivity index (χ4v) is 1.18. The predicted octanol–water partition coefficient (Wildman–Crippen LogP) is 0.604. The minimum atomic E-state index is -0.688. The highest BCUT2D eigenvalue weighted by molar-refractivity contribution is 6.19. The van der Waals surface area contributed by atoms with E-state index < -0.39 is 6.04 Å². The summed E-state index contributed by atoms with van der Waals surface area (Å²) in [6.07, 6.45) is 0. The Morgan fingerprint density at radius 2 is 1.62 bits per heavy atom. The summed E-state index contributed by atoms with van der Waals surface area (Å²) in [4.78, 5) is 23.8. The Morgan fingerprint density at radius 1 is 1.23 bits per heavy atom. The standard InChI is InChI=1S/C9H10N2O2/c1-5(4-10)11-8(12)6(2)7(3)9(11)13/h5H,1-3H3. The molecule has 4 heteroatoms. The van der Waals surface area contributed by atoms with Gasteiger partial charge in [0.2, 0.25) is 0 Å². The molecule has 0 saturated carbocycles. The zero-order chi connectivity index (χ0) is 10.2. The first kappa shape index (κ1) is 9.46. The Labute approximate surface area is 76.4 Å². The molecule has 0 saturated heterocycles. The maximum atomic E-state index is 11.4. The van der Waals surface area contributed by atoms with Crippen molar-refractivity contribution >= 4 is 11.8 Å². The molecule has 1 rings (SSSR count). The van der Waals surface area contributed by atoms with Crippen molar-refractivity contribution in [2.75, 3.05) is 0 Å². The van der Waals surface area contributed by atoms with Crippen molar-refractivity contribution < 1.29 is 9.59 Å². The van der Waals surface area contributed by atoms with E-state index in [2.05, 4.69) is 0 Å². The smallest absolute Gasteiger partial charge is 0.257 e. The lowest BCUT2D eigenvalue weighted by Crippen LogP contribution is -2.38. The first-order valence-electron chi connectivity index (χ1n) is 3.95. The van der Waals surface area contributed by atoms with Crippen LogP contribution in [0.3, 0.4) is 0 Å². The van der Waals surface area contributed by atoms with E-state index in [1.165, 1.54) is 6.92 Å². The van der Waals surface area contributed by atoms with E-state index in [9.17, 15) is 9.59 Å². The van der Waals surface area contributed by atoms with Crippen LogP contribution in [0.25, 0.3) is 0 Å². The number of carbonyl (C=O) groups excluding carboxylic acids is 2. The molecule has 1 unspecified atom stereocenters. The molecule has 1 atom stereocenters. The molecule has 0 spiro atoms. The van der Waals surface area contributed by atoms with Crippen LogP contribution in [0.4, 0.5) is 0 Å². The highest BCUT2D eigenvalue weighted by atomic mass is 16.2. The number of rotatable bonds is 1. The van der Waals surface area contributed by atoms with Crippen molar-refractivity contribution in [2.45, 2.75) is 26.8 Å². The van der Waals surface area contributed by atoms with Crippen molar-refractivity contribution in [3.8, 4) is 6.07 Å². The molecule has 1 aliphatic heterocycles. The van der Waals surface area contributed by atoms with E-state index in [0.717, 1.165) is 4.90 Å². The third kappa shape index (κ3) is 1.22. The average Bonchev–Trinajstić information content (AvgIpc) is 2.30. The number of hydrogen-bond acceptors (Lipinski definition) is 3. The van der Waals surface area contributed by atoms with Crippen molar-refractivity contribution in [2.24, 2.45) is 0 Å². The fraction of sp³-hybridized carbons (Fsp3) is 0.444. The van der Waals surface area contributed by atoms with Gasteiger partial charge in [-0.05, 0) is 20.8 Å². The van der Waals surface area contributed by atoms with Gasteiger partial charge in [-0.1, -0.05) is 0 Å². The van der Waals surface area contributed by atoms with Gasteiger partial charge in [0.15, 0.2) is 0 Å². The normalized spacial score (nSPS) is 19.4. The summed E-state index contributed by atoms with van der Waals surface area (Å²) in [5.74, 6) is -0.701. The molecule has 13 heavy (non-hydrogen) atoms. The van der Waals surface area contributed by atoms with E-state index in [-0.39, 0.29) is 11.8 Å². The van der Waals surface area contributed by atoms with Crippen LogP contribution < -0.4 is 0 Å². The van der Waals surface area contributed by atoms with Crippen LogP contribution in [-0.4, -0.2) is 22.8 Å². The maximum Gasteiger partial charge on any atom is 0.257 e. The van der Waals surface area contributed by atoms with E-state index in [0.29, 0.717) is 11.1 Å². The highest BCUT2D eigenvalue weighted by Crippen LogP contribution is 2.21. The van der Waals surface area contributed by atoms with Gasteiger partial charge in [0.1, 0.15) is 6.04 Å². The molecule has 2 amide bonds. The third-order valence-electron chi connectivity index (χ3n) is 2.22. The van der Waals surface area contributed by atoms with Crippen LogP contribution in [0.2, 0.25) is 0 Å². The monoisotopic (exact) mass is 178 g/mol. The first-order chi connectivity index (χ1) is 6.00. The Balaban J connectivity index is 3.06. The summed E-state index contributed by atoms with van der Waals surface area (Å²) in [5.41, 5.74) is 0.874. The Hall–Kier alpha value is -1.63. The molecule has 1 heterocycles. The van der Waals surface area contributed by atoms with Gasteiger partial charge < -0.3 is 0 Å². The molecule has 0 aromatic heterocycles. The van der Waals surface area contributed by atoms with Gasteiger partial charge in [-0.25, -0.2) is 0 Å². The van der Waals surface area contributed by atoms with E-state index in [1.807, 2.05) is 6.07 Å². The lowest BCUT2D eigenvalue weighted by atomic mass is 10.2. The summed E-state index contributed by atoms with van der Waals surface area (Å²) in [6, 6.07) is 1.18. The SMILES string of the molecule is CC1=C(C)C(=O)N(C(C)C#N)C1=O. The number of hydrogen-bond donors (Lipinski definition) is 0. The topological polar surface area (TPSA) is 61.2 Å². The second kappa shape index (κ2) is 3.02. The number of amides is 2. The molecule has 0 bridgehead atoms. The van der Waals surface area contributed by atoms with Gasteiger partial charge in [-0.15, -0.1) is 0 Å². The molecule has 0 aromatic rings. The molecule has 0 fully saturated rings. The summed E-state index contributed by atoms with van der Waals surface area (Å²) in [7, 11) is 0. The maximum absolute atomic E-state index is 11.4. The van der Waals surface area contributed by atoms with E-state index >= 15 is 0 Å². The number of nitriles is 1. The van der Waals surface area contributed by atoms with Crippen molar-refractivity contribution in [1.82, 2.24) is 4.90 Å². The predicted molar refractivity (Wildman–Crippen MR) is 45.3 cm³/mol. The molecule has 1 aliphatic rings. The lowest BCUT2D eigenvalue weighted by Gasteiger charge is -2.16. The van der Waals surface area contributed by atoms with Crippen LogP contribution in [0.5, 0.6) is 0 Å². The van der Waals surface area contributed by atoms with E-state index in [1.54, 1.807) is 13.8 Å². The Morgan fingerprint density at radius 3 is 1.92 bits per heavy atom. The zero-order valence-corrected chi connectivity index (χ0v) is 7.79. The van der Waals surface area contributed by atoms with Crippen molar-refractivity contribution in [1.29, 1.82) is 5.26 Å². The molecule has 4 nitrogen and oxygen atoms in total. The van der Waals surface area contributed by atoms with Gasteiger partial charge in [0.25, 0.3) is 11.8 Å². The number of imide groups is 1. The summed E-state index contributed by atoms with van der Waals surface area (Å²) >= 11 is 0. The molecule has 0 radical (unpaired) electrons. The van der Waals surface area contributed by atoms with Crippen LogP contribution in [0.15, 0.2) is 11.1 Å². The van der Waals surface area contributed by atoms with Crippen LogP contribution in [-0.2, 0) is 9.59 Å². The second-order valence-corrected chi connectivity index (χ2v) is 3.04. The van der Waals surface area contributed by atoms with Crippen molar-refractivity contribution in [3.63, 3.8) is 0 Å². The van der Waals surface area contributed by atoms with Gasteiger partial charge >= 0.3 is 0 Å². The molecule has 0 aliphatic carbocycles. The molecule has 68 valence electrons. The molecule has 0 N–H and O–H groups in total. The van der Waals surface area contributed by atoms with Gasteiger partial charge in [0.05, 0.1) is 6.07 Å². The van der Waals surface area contributed by atoms with Gasteiger partial charge in [0, 0.05) is 11.1 Å². The Kier molecular flexibility index (Phi) is 2.20. The quantitative estimate of drug-likeness (QED) is 0.552. The highest BCUT2D eigenvalue weighted by Gasteiger charge is 2.36. The van der Waals surface area contributed by atoms with Crippen LogP contribution in [0, 0.1) is 11.3 Å². The zero-order valence-electron chi connectivity index (χ0n) is 7.79. The Bertz CT molecular complexity index is 325. The fourth-order valence-electron chi connectivity index (χ4n) is 1.18. The lowest BCUT2D eigenvalue weighted by molar-refractivity contribution is -0.138. The minimum absolute atomic E-state index is 0.350. The second-order valence-electron chi connectivity index (χ2n) is 3.04. The van der Waals surface area contributed by atoms with Gasteiger partial charge in [-0.2, -0.15) is 5.26 Å². The average molecular weight is 178 g/mol. The number of nitrogens with zero attached hydrogens (tertiary/aromatic N) is 2.